The Kier molecular flexibility index (Phi) is 7.26. The van der Waals surface area contributed by atoms with Gasteiger partial charge in [0, 0.05) is 16.3 Å². The van der Waals surface area contributed by atoms with Crippen molar-refractivity contribution >= 4 is 23.4 Å². The number of thioether (sulfide) groups is 1. The van der Waals surface area contributed by atoms with E-state index in [9.17, 15) is 9.18 Å². The van der Waals surface area contributed by atoms with Crippen LogP contribution in [0.25, 0.3) is 0 Å². The van der Waals surface area contributed by atoms with E-state index >= 15 is 0 Å². The molecule has 1 heterocycles. The molecule has 0 saturated carbocycles. The first-order chi connectivity index (χ1) is 13.1. The van der Waals surface area contributed by atoms with E-state index < -0.39 is 0 Å². The smallest absolute Gasteiger partial charge is 0.279 e. The summed E-state index contributed by atoms with van der Waals surface area (Å²) in [5.74, 6) is 0.739. The van der Waals surface area contributed by atoms with Crippen molar-refractivity contribution in [1.29, 1.82) is 0 Å². The fraction of sp³-hybridized carbons (Fsp3) is 0.381. The number of piperazine rings is 1. The van der Waals surface area contributed by atoms with Crippen molar-refractivity contribution in [3.8, 4) is 0 Å². The van der Waals surface area contributed by atoms with Crippen LogP contribution in [0.2, 0.25) is 0 Å². The molecule has 2 aromatic rings. The lowest BCUT2D eigenvalue weighted by Crippen LogP contribution is -3.28. The lowest BCUT2D eigenvalue weighted by molar-refractivity contribution is -1.01. The van der Waals surface area contributed by atoms with Crippen LogP contribution < -0.4 is 15.1 Å². The maximum absolute atomic E-state index is 13.2. The van der Waals surface area contributed by atoms with E-state index in [1.165, 1.54) is 27.5 Å². The van der Waals surface area contributed by atoms with Gasteiger partial charge < -0.3 is 15.1 Å². The summed E-state index contributed by atoms with van der Waals surface area (Å²) < 4.78 is 13.2. The number of anilines is 1. The van der Waals surface area contributed by atoms with Crippen LogP contribution in [0.15, 0.2) is 53.4 Å². The minimum absolute atomic E-state index is 0.0472. The van der Waals surface area contributed by atoms with Gasteiger partial charge >= 0.3 is 0 Å². The minimum Gasteiger partial charge on any atom is -0.325 e. The van der Waals surface area contributed by atoms with Gasteiger partial charge in [-0.3, -0.25) is 4.79 Å². The molecular weight excluding hydrogens is 361 g/mol. The lowest BCUT2D eigenvalue weighted by Gasteiger charge is -2.29. The first-order valence-corrected chi connectivity index (χ1v) is 10.5. The quantitative estimate of drug-likeness (QED) is 0.609. The molecule has 0 radical (unpaired) electrons. The number of hydrogen-bond donors (Lipinski definition) is 3. The molecule has 27 heavy (non-hydrogen) atoms. The van der Waals surface area contributed by atoms with E-state index in [1.54, 1.807) is 17.0 Å². The third-order valence-electron chi connectivity index (χ3n) is 4.93. The number of halogens is 1. The Morgan fingerprint density at radius 3 is 2.48 bits per heavy atom. The molecule has 0 aromatic heterocycles. The Balaban J connectivity index is 1.33. The molecule has 3 rings (SSSR count). The monoisotopic (exact) mass is 389 g/mol. The van der Waals surface area contributed by atoms with Gasteiger partial charge in [-0.25, -0.2) is 4.39 Å². The van der Waals surface area contributed by atoms with Gasteiger partial charge in [0.25, 0.3) is 5.91 Å². The van der Waals surface area contributed by atoms with Crippen molar-refractivity contribution in [2.24, 2.45) is 0 Å². The number of carbonyl (C=O) groups excluding carboxylic acids is 1. The Bertz CT molecular complexity index is 745. The molecule has 6 heteroatoms. The van der Waals surface area contributed by atoms with Crippen molar-refractivity contribution in [3.05, 3.63) is 59.9 Å². The van der Waals surface area contributed by atoms with Crippen molar-refractivity contribution in [1.82, 2.24) is 0 Å². The molecule has 0 atom stereocenters. The van der Waals surface area contributed by atoms with Crippen molar-refractivity contribution in [2.45, 2.75) is 11.8 Å². The standard InChI is InChI=1S/C21H26FN3OS/c1-17-5-7-20(8-6-17)27-14-13-24-9-11-25(12-10-24)16-21(26)23-19-4-2-3-18(22)15-19/h2-8,15H,9-14,16H2,1H3,(H,23,26)/p+2. The summed E-state index contributed by atoms with van der Waals surface area (Å²) in [5, 5.41) is 2.79. The van der Waals surface area contributed by atoms with Gasteiger partial charge in [0.2, 0.25) is 0 Å². The van der Waals surface area contributed by atoms with E-state index in [2.05, 4.69) is 36.5 Å². The van der Waals surface area contributed by atoms with Crippen LogP contribution in [-0.2, 0) is 4.79 Å². The molecule has 1 fully saturated rings. The SMILES string of the molecule is Cc1ccc(SCC[NH+]2CC[NH+](CC(=O)Nc3cccc(F)c3)CC2)cc1. The Morgan fingerprint density at radius 1 is 1.07 bits per heavy atom. The molecule has 0 bridgehead atoms. The zero-order chi connectivity index (χ0) is 19.1. The minimum atomic E-state index is -0.333. The summed E-state index contributed by atoms with van der Waals surface area (Å²) in [6.45, 7) is 7.90. The largest absolute Gasteiger partial charge is 0.325 e. The van der Waals surface area contributed by atoms with Gasteiger partial charge in [0.15, 0.2) is 6.54 Å². The van der Waals surface area contributed by atoms with Gasteiger partial charge in [-0.05, 0) is 37.3 Å². The number of benzene rings is 2. The highest BCUT2D eigenvalue weighted by atomic mass is 32.2. The van der Waals surface area contributed by atoms with E-state index in [-0.39, 0.29) is 11.7 Å². The van der Waals surface area contributed by atoms with Crippen LogP contribution in [-0.4, -0.2) is 50.9 Å². The van der Waals surface area contributed by atoms with E-state index in [0.717, 1.165) is 38.5 Å². The third kappa shape index (κ3) is 6.65. The highest BCUT2D eigenvalue weighted by Crippen LogP contribution is 2.17. The van der Waals surface area contributed by atoms with Crippen LogP contribution >= 0.6 is 11.8 Å². The molecule has 0 aliphatic carbocycles. The zero-order valence-corrected chi connectivity index (χ0v) is 16.6. The van der Waals surface area contributed by atoms with Gasteiger partial charge in [-0.15, -0.1) is 11.8 Å². The molecule has 1 aliphatic heterocycles. The van der Waals surface area contributed by atoms with E-state index in [0.29, 0.717) is 12.2 Å². The molecule has 0 unspecified atom stereocenters. The second-order valence-electron chi connectivity index (χ2n) is 7.15. The highest BCUT2D eigenvalue weighted by Gasteiger charge is 2.24. The number of carbonyl (C=O) groups is 1. The Hall–Kier alpha value is -1.89. The average molecular weight is 390 g/mol. The maximum Gasteiger partial charge on any atom is 0.279 e. The van der Waals surface area contributed by atoms with E-state index in [1.807, 2.05) is 11.8 Å². The van der Waals surface area contributed by atoms with E-state index in [4.69, 9.17) is 0 Å². The lowest BCUT2D eigenvalue weighted by atomic mass is 10.2. The summed E-state index contributed by atoms with van der Waals surface area (Å²) in [7, 11) is 0. The Morgan fingerprint density at radius 2 is 1.78 bits per heavy atom. The fourth-order valence-electron chi connectivity index (χ4n) is 3.33. The molecule has 3 N–H and O–H groups in total. The van der Waals surface area contributed by atoms with Crippen LogP contribution in [0.5, 0.6) is 0 Å². The van der Waals surface area contributed by atoms with Crippen LogP contribution in [0.1, 0.15) is 5.56 Å². The Labute approximate surface area is 164 Å². The predicted octanol–water partition coefficient (Wildman–Crippen LogP) is 0.648. The predicted molar refractivity (Wildman–Crippen MR) is 108 cm³/mol. The molecular formula is C21H28FN3OS+2. The number of hydrogen-bond acceptors (Lipinski definition) is 2. The summed E-state index contributed by atoms with van der Waals surface area (Å²) in [6, 6.07) is 14.7. The molecule has 1 amide bonds. The first-order valence-electron chi connectivity index (χ1n) is 9.50. The molecule has 1 aliphatic rings. The third-order valence-corrected chi connectivity index (χ3v) is 5.94. The van der Waals surface area contributed by atoms with Gasteiger partial charge in [-0.2, -0.15) is 0 Å². The van der Waals surface area contributed by atoms with Gasteiger partial charge in [0.05, 0.1) is 6.54 Å². The molecule has 4 nitrogen and oxygen atoms in total. The van der Waals surface area contributed by atoms with Crippen LogP contribution in [0, 0.1) is 12.7 Å². The summed E-state index contributed by atoms with van der Waals surface area (Å²) in [4.78, 5) is 16.4. The number of quaternary nitrogens is 2. The second-order valence-corrected chi connectivity index (χ2v) is 8.32. The van der Waals surface area contributed by atoms with Gasteiger partial charge in [-0.1, -0.05) is 23.8 Å². The summed E-state index contributed by atoms with van der Waals surface area (Å²) in [5.41, 5.74) is 1.82. The highest BCUT2D eigenvalue weighted by molar-refractivity contribution is 7.99. The van der Waals surface area contributed by atoms with Crippen molar-refractivity contribution in [2.75, 3.05) is 50.3 Å². The van der Waals surface area contributed by atoms with Crippen molar-refractivity contribution in [3.63, 3.8) is 0 Å². The topological polar surface area (TPSA) is 38.0 Å². The number of amides is 1. The first kappa shape index (κ1) is 19.9. The zero-order valence-electron chi connectivity index (χ0n) is 15.8. The summed E-state index contributed by atoms with van der Waals surface area (Å²) >= 11 is 1.91. The molecule has 2 aromatic carbocycles. The normalized spacial score (nSPS) is 19.6. The number of rotatable bonds is 7. The van der Waals surface area contributed by atoms with Crippen LogP contribution in [0.3, 0.4) is 0 Å². The average Bonchev–Trinajstić information content (AvgIpc) is 2.65. The molecule has 1 saturated heterocycles. The fourth-order valence-corrected chi connectivity index (χ4v) is 4.29. The maximum atomic E-state index is 13.2. The molecule has 0 spiro atoms. The second kappa shape index (κ2) is 9.88. The van der Waals surface area contributed by atoms with Crippen LogP contribution in [0.4, 0.5) is 10.1 Å². The molecule has 144 valence electrons. The van der Waals surface area contributed by atoms with Gasteiger partial charge in [0.1, 0.15) is 32.0 Å². The van der Waals surface area contributed by atoms with Crippen molar-refractivity contribution < 1.29 is 19.0 Å². The summed E-state index contributed by atoms with van der Waals surface area (Å²) in [6.07, 6.45) is 0. The number of nitrogens with one attached hydrogen (secondary N) is 3. The number of aryl methyl sites for hydroxylation is 1.